The Labute approximate surface area is 186 Å². The number of hydrogen-bond donors (Lipinski definition) is 0. The number of amides is 2. The summed E-state index contributed by atoms with van der Waals surface area (Å²) in [4.78, 5) is 26.1. The van der Waals surface area contributed by atoms with E-state index >= 15 is 0 Å². The topological polar surface area (TPSA) is 109 Å². The quantitative estimate of drug-likeness (QED) is 0.355. The van der Waals surface area contributed by atoms with Gasteiger partial charge in [-0.15, -0.1) is 0 Å². The summed E-state index contributed by atoms with van der Waals surface area (Å²) in [6.07, 6.45) is 0. The van der Waals surface area contributed by atoms with Crippen molar-refractivity contribution in [3.8, 4) is 0 Å². The van der Waals surface area contributed by atoms with Crippen LogP contribution < -0.4 is 0 Å². The van der Waals surface area contributed by atoms with E-state index in [0.717, 1.165) is 0 Å². The van der Waals surface area contributed by atoms with E-state index in [1.807, 2.05) is 0 Å². The van der Waals surface area contributed by atoms with Crippen molar-refractivity contribution in [1.29, 1.82) is 0 Å². The number of rotatable bonds is 3. The van der Waals surface area contributed by atoms with Crippen LogP contribution in [0.15, 0.2) is 88.7 Å². The molecule has 0 N–H and O–H groups in total. The summed E-state index contributed by atoms with van der Waals surface area (Å²) in [6, 6.07) is 19.4. The van der Waals surface area contributed by atoms with Crippen molar-refractivity contribution in [1.82, 2.24) is 5.04 Å². The second-order valence-corrected chi connectivity index (χ2v) is 16.0. The van der Waals surface area contributed by atoms with Gasteiger partial charge in [-0.25, -0.2) is 0 Å². The molecule has 3 aromatic carbocycles. The predicted molar refractivity (Wildman–Crippen MR) is 119 cm³/mol. The monoisotopic (exact) mass is 568 g/mol. The molecule has 0 atom stereocenters. The number of sulfonamides is 2. The second kappa shape index (κ2) is 6.87. The Kier molecular flexibility index (Phi) is 4.46. The van der Waals surface area contributed by atoms with Crippen molar-refractivity contribution >= 4 is 52.2 Å². The van der Waals surface area contributed by atoms with E-state index in [9.17, 15) is 26.4 Å². The van der Waals surface area contributed by atoms with Gasteiger partial charge in [0.2, 0.25) is 0 Å². The SMILES string of the molecule is O=C1c2ccccc2S(=O)(=O)N1I(c1ccccc1)N1C(=O)c2ccccc2S1(=O)=O. The van der Waals surface area contributed by atoms with Crippen LogP contribution in [-0.4, -0.2) is 33.7 Å². The van der Waals surface area contributed by atoms with E-state index in [1.54, 1.807) is 30.3 Å². The number of carbonyl (C=O) groups excluding carboxylic acids is 2. The van der Waals surface area contributed by atoms with Gasteiger partial charge < -0.3 is 0 Å². The number of carbonyl (C=O) groups is 2. The molecule has 0 aliphatic carbocycles. The van der Waals surface area contributed by atoms with Crippen LogP contribution in [0.4, 0.5) is 0 Å². The summed E-state index contributed by atoms with van der Waals surface area (Å²) in [5.74, 6) is -1.66. The van der Waals surface area contributed by atoms with E-state index in [4.69, 9.17) is 0 Å². The number of fused-ring (bicyclic) bond motifs is 2. The summed E-state index contributed by atoms with van der Waals surface area (Å²) in [6.45, 7) is 0. The molecule has 3 aromatic rings. The van der Waals surface area contributed by atoms with E-state index in [-0.39, 0.29) is 20.9 Å². The Hall–Kier alpha value is -2.77. The standard InChI is InChI=1S/C20H13IN2O6S2/c24-19-15-10-4-6-12-17(15)30(26,27)22(19)21(14-8-2-1-3-9-14)23-20(25)16-11-5-7-13-18(16)31(23,28)29/h1-13H. The molecule has 0 fully saturated rings. The van der Waals surface area contributed by atoms with Crippen LogP contribution in [0.25, 0.3) is 0 Å². The first kappa shape index (κ1) is 20.2. The van der Waals surface area contributed by atoms with Crippen molar-refractivity contribution in [2.24, 2.45) is 0 Å². The number of nitrogens with zero attached hydrogens (tertiary/aromatic N) is 2. The van der Waals surface area contributed by atoms with Crippen LogP contribution in [0.1, 0.15) is 20.7 Å². The molecule has 2 heterocycles. The molecule has 0 spiro atoms. The summed E-state index contributed by atoms with van der Waals surface area (Å²) in [7, 11) is -8.69. The average molecular weight is 568 g/mol. The van der Waals surface area contributed by atoms with Crippen LogP contribution in [0, 0.1) is 3.57 Å². The fourth-order valence-corrected chi connectivity index (χ4v) is 16.2. The molecular formula is C20H13IN2O6S2. The molecule has 0 unspecified atom stereocenters. The van der Waals surface area contributed by atoms with E-state index in [2.05, 4.69) is 0 Å². The first-order chi connectivity index (χ1) is 14.8. The van der Waals surface area contributed by atoms with Gasteiger partial charge in [-0.05, 0) is 0 Å². The summed E-state index contributed by atoms with van der Waals surface area (Å²) in [5.41, 5.74) is -0.0791. The van der Waals surface area contributed by atoms with E-state index in [0.29, 0.717) is 8.61 Å². The zero-order valence-electron chi connectivity index (χ0n) is 15.5. The van der Waals surface area contributed by atoms with Crippen LogP contribution in [-0.2, 0) is 20.0 Å². The van der Waals surface area contributed by atoms with Gasteiger partial charge in [0.1, 0.15) is 0 Å². The van der Waals surface area contributed by atoms with Crippen molar-refractivity contribution in [3.63, 3.8) is 0 Å². The predicted octanol–water partition coefficient (Wildman–Crippen LogP) is 2.88. The first-order valence-electron chi connectivity index (χ1n) is 8.89. The average Bonchev–Trinajstić information content (AvgIpc) is 3.10. The molecule has 11 heteroatoms. The van der Waals surface area contributed by atoms with Crippen molar-refractivity contribution in [3.05, 3.63) is 93.6 Å². The zero-order valence-corrected chi connectivity index (χ0v) is 19.3. The fraction of sp³-hybridized carbons (Fsp3) is 0. The molecule has 31 heavy (non-hydrogen) atoms. The maximum absolute atomic E-state index is 13.4. The van der Waals surface area contributed by atoms with Gasteiger partial charge in [0.15, 0.2) is 0 Å². The summed E-state index contributed by atoms with van der Waals surface area (Å²) >= 11 is -3.89. The summed E-state index contributed by atoms with van der Waals surface area (Å²) < 4.78 is 55.1. The molecule has 158 valence electrons. The molecule has 5 rings (SSSR count). The van der Waals surface area contributed by atoms with Crippen molar-refractivity contribution < 1.29 is 26.4 Å². The molecule has 0 saturated heterocycles. The number of halogens is 1. The van der Waals surface area contributed by atoms with E-state index in [1.165, 1.54) is 48.5 Å². The van der Waals surface area contributed by atoms with Crippen LogP contribution in [0.5, 0.6) is 0 Å². The van der Waals surface area contributed by atoms with Gasteiger partial charge in [-0.2, -0.15) is 0 Å². The van der Waals surface area contributed by atoms with Crippen LogP contribution >= 0.6 is 20.4 Å². The molecule has 2 amide bonds. The Bertz CT molecular complexity index is 1380. The maximum atomic E-state index is 13.4. The fourth-order valence-electron chi connectivity index (χ4n) is 3.40. The summed E-state index contributed by atoms with van der Waals surface area (Å²) in [5, 5.41) is 0. The Morgan fingerprint density at radius 3 is 1.35 bits per heavy atom. The molecular weight excluding hydrogens is 555 g/mol. The van der Waals surface area contributed by atoms with Gasteiger partial charge in [0, 0.05) is 0 Å². The van der Waals surface area contributed by atoms with Crippen molar-refractivity contribution in [2.75, 3.05) is 0 Å². The molecule has 0 bridgehead atoms. The second-order valence-electron chi connectivity index (χ2n) is 6.58. The molecule has 2 aliphatic rings. The molecule has 0 aromatic heterocycles. The van der Waals surface area contributed by atoms with Gasteiger partial charge in [0.05, 0.1) is 0 Å². The Morgan fingerprint density at radius 1 is 0.548 bits per heavy atom. The van der Waals surface area contributed by atoms with Gasteiger partial charge >= 0.3 is 187 Å². The minimum absolute atomic E-state index is 0.0395. The normalized spacial score (nSPS) is 18.6. The van der Waals surface area contributed by atoms with E-state index < -0.39 is 52.2 Å². The van der Waals surface area contributed by atoms with Crippen LogP contribution in [0.2, 0.25) is 0 Å². The molecule has 2 aliphatic heterocycles. The third-order valence-corrected chi connectivity index (χ3v) is 17.0. The zero-order chi connectivity index (χ0) is 22.0. The van der Waals surface area contributed by atoms with Gasteiger partial charge in [-0.1, -0.05) is 0 Å². The number of hydrogen-bond acceptors (Lipinski definition) is 6. The van der Waals surface area contributed by atoms with Crippen LogP contribution in [0.3, 0.4) is 0 Å². The molecule has 0 radical (unpaired) electrons. The first-order valence-corrected chi connectivity index (χ1v) is 14.8. The molecule has 8 nitrogen and oxygen atoms in total. The van der Waals surface area contributed by atoms with Gasteiger partial charge in [0.25, 0.3) is 0 Å². The molecule has 0 saturated carbocycles. The Morgan fingerprint density at radius 2 is 0.935 bits per heavy atom. The van der Waals surface area contributed by atoms with Gasteiger partial charge in [-0.3, -0.25) is 0 Å². The van der Waals surface area contributed by atoms with Crippen molar-refractivity contribution in [2.45, 2.75) is 9.79 Å². The number of benzene rings is 3. The third-order valence-electron chi connectivity index (χ3n) is 4.75. The minimum atomic E-state index is -4.35. The Balaban J connectivity index is 1.77. The third kappa shape index (κ3) is 2.76.